The number of benzene rings is 2. The predicted molar refractivity (Wildman–Crippen MR) is 104 cm³/mol. The molecule has 0 bridgehead atoms. The second kappa shape index (κ2) is 8.99. The normalized spacial score (nSPS) is 10.7. The molecule has 3 aromatic rings. The average molecular weight is 347 g/mol. The highest BCUT2D eigenvalue weighted by Gasteiger charge is 2.08. The highest BCUT2D eigenvalue weighted by molar-refractivity contribution is 5.76. The Morgan fingerprint density at radius 2 is 1.62 bits per heavy atom. The maximum Gasteiger partial charge on any atom is 0.220 e. The van der Waals surface area contributed by atoms with Crippen LogP contribution in [0.3, 0.4) is 0 Å². The summed E-state index contributed by atoms with van der Waals surface area (Å²) in [6.45, 7) is 3.49. The van der Waals surface area contributed by atoms with Crippen LogP contribution in [0.15, 0.2) is 66.9 Å². The van der Waals surface area contributed by atoms with E-state index in [9.17, 15) is 4.79 Å². The van der Waals surface area contributed by atoms with Crippen LogP contribution in [0.2, 0.25) is 0 Å². The van der Waals surface area contributed by atoms with Gasteiger partial charge in [0.05, 0.1) is 0 Å². The molecule has 1 aromatic heterocycles. The Labute approximate surface area is 154 Å². The summed E-state index contributed by atoms with van der Waals surface area (Å²) >= 11 is 0. The molecular formula is C22H25N3O. The number of amides is 1. The van der Waals surface area contributed by atoms with E-state index < -0.39 is 0 Å². The van der Waals surface area contributed by atoms with Crippen LogP contribution in [0, 0.1) is 6.92 Å². The fourth-order valence-electron chi connectivity index (χ4n) is 3.00. The van der Waals surface area contributed by atoms with Crippen LogP contribution >= 0.6 is 0 Å². The zero-order valence-corrected chi connectivity index (χ0v) is 15.2. The van der Waals surface area contributed by atoms with Crippen LogP contribution in [0.1, 0.15) is 29.1 Å². The lowest BCUT2D eigenvalue weighted by atomic mass is 10.1. The van der Waals surface area contributed by atoms with Gasteiger partial charge in [0.1, 0.15) is 5.82 Å². The zero-order valence-electron chi connectivity index (χ0n) is 15.2. The molecule has 1 heterocycles. The monoisotopic (exact) mass is 347 g/mol. The standard InChI is InChI=1S/C22H25N3O/c1-18-16-24-21(25(18)17-20-10-6-3-7-11-20)14-15-23-22(26)13-12-19-8-4-2-5-9-19/h2-11,16H,12-15,17H2,1H3,(H,23,26). The molecule has 1 amide bonds. The number of aromatic nitrogens is 2. The summed E-state index contributed by atoms with van der Waals surface area (Å²) in [5.74, 6) is 1.10. The van der Waals surface area contributed by atoms with Gasteiger partial charge in [0.25, 0.3) is 0 Å². The van der Waals surface area contributed by atoms with Crippen LogP contribution in [-0.4, -0.2) is 22.0 Å². The van der Waals surface area contributed by atoms with Crippen molar-refractivity contribution in [2.24, 2.45) is 0 Å². The Morgan fingerprint density at radius 3 is 2.31 bits per heavy atom. The van der Waals surface area contributed by atoms with Gasteiger partial charge in [-0.3, -0.25) is 4.79 Å². The van der Waals surface area contributed by atoms with Crippen molar-refractivity contribution in [3.63, 3.8) is 0 Å². The molecule has 1 N–H and O–H groups in total. The number of aryl methyl sites for hydroxylation is 2. The van der Waals surface area contributed by atoms with Crippen molar-refractivity contribution in [3.8, 4) is 0 Å². The highest BCUT2D eigenvalue weighted by Crippen LogP contribution is 2.10. The zero-order chi connectivity index (χ0) is 18.2. The minimum atomic E-state index is 0.0896. The van der Waals surface area contributed by atoms with Crippen LogP contribution in [-0.2, 0) is 24.2 Å². The van der Waals surface area contributed by atoms with E-state index in [1.165, 1.54) is 11.1 Å². The largest absolute Gasteiger partial charge is 0.356 e. The van der Waals surface area contributed by atoms with E-state index >= 15 is 0 Å². The number of nitrogens with zero attached hydrogens (tertiary/aromatic N) is 2. The van der Waals surface area contributed by atoms with E-state index in [4.69, 9.17) is 0 Å². The molecule has 0 aliphatic carbocycles. The van der Waals surface area contributed by atoms with Gasteiger partial charge in [-0.05, 0) is 24.5 Å². The molecule has 0 atom stereocenters. The van der Waals surface area contributed by atoms with Gasteiger partial charge in [-0.15, -0.1) is 0 Å². The third-order valence-corrected chi connectivity index (χ3v) is 4.48. The lowest BCUT2D eigenvalue weighted by molar-refractivity contribution is -0.121. The first-order valence-electron chi connectivity index (χ1n) is 9.08. The quantitative estimate of drug-likeness (QED) is 0.677. The molecular weight excluding hydrogens is 322 g/mol. The first kappa shape index (κ1) is 17.9. The van der Waals surface area contributed by atoms with E-state index in [2.05, 4.69) is 46.1 Å². The Hall–Kier alpha value is -2.88. The van der Waals surface area contributed by atoms with Gasteiger partial charge in [0.15, 0.2) is 0 Å². The molecule has 3 rings (SSSR count). The third kappa shape index (κ3) is 5.06. The second-order valence-corrected chi connectivity index (χ2v) is 6.47. The third-order valence-electron chi connectivity index (χ3n) is 4.48. The van der Waals surface area contributed by atoms with E-state index in [-0.39, 0.29) is 5.91 Å². The molecule has 0 fully saturated rings. The van der Waals surface area contributed by atoms with Gasteiger partial charge >= 0.3 is 0 Å². The molecule has 0 saturated carbocycles. The molecule has 0 radical (unpaired) electrons. The topological polar surface area (TPSA) is 46.9 Å². The fraction of sp³-hybridized carbons (Fsp3) is 0.273. The van der Waals surface area contributed by atoms with E-state index in [1.54, 1.807) is 0 Å². The van der Waals surface area contributed by atoms with Gasteiger partial charge in [0.2, 0.25) is 5.91 Å². The lowest BCUT2D eigenvalue weighted by Gasteiger charge is -2.11. The number of nitrogens with one attached hydrogen (secondary N) is 1. The lowest BCUT2D eigenvalue weighted by Crippen LogP contribution is -2.26. The van der Waals surface area contributed by atoms with Gasteiger partial charge in [-0.25, -0.2) is 4.98 Å². The molecule has 0 aliphatic heterocycles. The predicted octanol–water partition coefficient (Wildman–Crippen LogP) is 3.53. The van der Waals surface area contributed by atoms with E-state index in [1.807, 2.05) is 42.6 Å². The number of hydrogen-bond donors (Lipinski definition) is 1. The maximum atomic E-state index is 12.0. The Morgan fingerprint density at radius 1 is 0.962 bits per heavy atom. The summed E-state index contributed by atoms with van der Waals surface area (Å²) in [5, 5.41) is 3.01. The number of rotatable bonds is 8. The fourth-order valence-corrected chi connectivity index (χ4v) is 3.00. The van der Waals surface area contributed by atoms with Crippen LogP contribution in [0.5, 0.6) is 0 Å². The molecule has 26 heavy (non-hydrogen) atoms. The van der Waals surface area contributed by atoms with E-state index in [0.29, 0.717) is 13.0 Å². The van der Waals surface area contributed by atoms with Crippen molar-refractivity contribution in [3.05, 3.63) is 89.5 Å². The highest BCUT2D eigenvalue weighted by atomic mass is 16.1. The smallest absolute Gasteiger partial charge is 0.220 e. The molecule has 0 saturated heterocycles. The van der Waals surface area contributed by atoms with Crippen molar-refractivity contribution in [2.75, 3.05) is 6.54 Å². The number of imidazole rings is 1. The van der Waals surface area contributed by atoms with Gasteiger partial charge in [-0.1, -0.05) is 60.7 Å². The van der Waals surface area contributed by atoms with Crippen molar-refractivity contribution >= 4 is 5.91 Å². The summed E-state index contributed by atoms with van der Waals surface area (Å²) in [7, 11) is 0. The molecule has 2 aromatic carbocycles. The molecule has 4 heteroatoms. The van der Waals surface area contributed by atoms with E-state index in [0.717, 1.165) is 30.9 Å². The summed E-state index contributed by atoms with van der Waals surface area (Å²) in [6.07, 6.45) is 3.92. The summed E-state index contributed by atoms with van der Waals surface area (Å²) < 4.78 is 2.21. The molecule has 4 nitrogen and oxygen atoms in total. The number of carbonyl (C=O) groups is 1. The summed E-state index contributed by atoms with van der Waals surface area (Å²) in [6, 6.07) is 20.5. The molecule has 134 valence electrons. The van der Waals surface area contributed by atoms with Crippen molar-refractivity contribution < 1.29 is 4.79 Å². The average Bonchev–Trinajstić information content (AvgIpc) is 3.02. The Kier molecular flexibility index (Phi) is 6.20. The minimum Gasteiger partial charge on any atom is -0.356 e. The van der Waals surface area contributed by atoms with Crippen LogP contribution in [0.4, 0.5) is 0 Å². The van der Waals surface area contributed by atoms with Crippen LogP contribution < -0.4 is 5.32 Å². The first-order valence-corrected chi connectivity index (χ1v) is 9.08. The molecule has 0 unspecified atom stereocenters. The van der Waals surface area contributed by atoms with Crippen LogP contribution in [0.25, 0.3) is 0 Å². The minimum absolute atomic E-state index is 0.0896. The van der Waals surface area contributed by atoms with Gasteiger partial charge in [-0.2, -0.15) is 0 Å². The van der Waals surface area contributed by atoms with Gasteiger partial charge in [0, 0.05) is 37.8 Å². The second-order valence-electron chi connectivity index (χ2n) is 6.47. The first-order chi connectivity index (χ1) is 12.7. The van der Waals surface area contributed by atoms with Crippen molar-refractivity contribution in [1.82, 2.24) is 14.9 Å². The Bertz CT molecular complexity index is 825. The maximum absolute atomic E-state index is 12.0. The van der Waals surface area contributed by atoms with Crippen molar-refractivity contribution in [1.29, 1.82) is 0 Å². The summed E-state index contributed by atoms with van der Waals surface area (Å²) in [4.78, 5) is 16.6. The van der Waals surface area contributed by atoms with Gasteiger partial charge < -0.3 is 9.88 Å². The molecule has 0 spiro atoms. The van der Waals surface area contributed by atoms with Crippen molar-refractivity contribution in [2.45, 2.75) is 32.7 Å². The SMILES string of the molecule is Cc1cnc(CCNC(=O)CCc2ccccc2)n1Cc1ccccc1. The number of hydrogen-bond acceptors (Lipinski definition) is 2. The molecule has 0 aliphatic rings. The summed E-state index contributed by atoms with van der Waals surface area (Å²) in [5.41, 5.74) is 3.58. The number of carbonyl (C=O) groups excluding carboxylic acids is 1. The Balaban J connectivity index is 1.48.